The fourth-order valence-electron chi connectivity index (χ4n) is 2.99. The van der Waals surface area contributed by atoms with Crippen molar-refractivity contribution in [3.8, 4) is 17.0 Å². The van der Waals surface area contributed by atoms with Crippen molar-refractivity contribution in [2.75, 3.05) is 33.1 Å². The van der Waals surface area contributed by atoms with Crippen LogP contribution < -0.4 is 15.9 Å². The number of aromatic nitrogens is 2. The van der Waals surface area contributed by atoms with E-state index in [0.717, 1.165) is 56.9 Å². The topological polar surface area (TPSA) is 73.5 Å². The molecule has 0 fully saturated rings. The van der Waals surface area contributed by atoms with Gasteiger partial charge in [-0.1, -0.05) is 6.07 Å². The number of methoxy groups -OCH3 is 2. The Balaban J connectivity index is 2.05. The predicted octanol–water partition coefficient (Wildman–Crippen LogP) is 0.559. The lowest BCUT2D eigenvalue weighted by Crippen LogP contribution is -2.21. The summed E-state index contributed by atoms with van der Waals surface area (Å²) in [6.45, 7) is 3.14. The van der Waals surface area contributed by atoms with E-state index in [-0.39, 0.29) is 0 Å². The highest BCUT2D eigenvalue weighted by atomic mass is 127. The maximum atomic E-state index is 5.97. The molecular formula is C16H20BIN4O2. The number of ether oxygens (including phenoxy) is 2. The maximum Gasteiger partial charge on any atom is 0.220 e. The Labute approximate surface area is 156 Å². The lowest BCUT2D eigenvalue weighted by Gasteiger charge is -2.14. The molecule has 1 aliphatic rings. The number of nitrogens with zero attached hydrogens (tertiary/aromatic N) is 3. The summed E-state index contributed by atoms with van der Waals surface area (Å²) >= 11 is 2.34. The first-order chi connectivity index (χ1) is 11.5. The standard InChI is InChI=1S/C16H20BIN4O2/c1-23-4-3-22-7-10-13(8-22)20-16(19)21-15(10)9-5-14(24-2)11(17)6-12(9)18/h5-6H,3-4,7-8,17H2,1-2H3,(H2,19,20,21). The molecule has 2 aromatic rings. The first-order valence-electron chi connectivity index (χ1n) is 7.74. The number of fused-ring (bicyclic) bond motifs is 1. The normalized spacial score (nSPS) is 14.0. The molecule has 0 unspecified atom stereocenters. The molecule has 8 heteroatoms. The summed E-state index contributed by atoms with van der Waals surface area (Å²) in [5.74, 6) is 1.17. The van der Waals surface area contributed by atoms with Gasteiger partial charge in [-0.05, 0) is 34.1 Å². The van der Waals surface area contributed by atoms with E-state index >= 15 is 0 Å². The lowest BCUT2D eigenvalue weighted by molar-refractivity contribution is 0.147. The summed E-state index contributed by atoms with van der Waals surface area (Å²) in [5, 5.41) is 0. The minimum absolute atomic E-state index is 0.313. The quantitative estimate of drug-likeness (QED) is 0.544. The molecule has 0 aliphatic carbocycles. The third kappa shape index (κ3) is 3.36. The summed E-state index contributed by atoms with van der Waals surface area (Å²) in [6, 6.07) is 4.15. The highest BCUT2D eigenvalue weighted by Crippen LogP contribution is 2.34. The Kier molecular flexibility index (Phi) is 5.26. The van der Waals surface area contributed by atoms with E-state index in [9.17, 15) is 0 Å². The van der Waals surface area contributed by atoms with Crippen molar-refractivity contribution in [3.63, 3.8) is 0 Å². The van der Waals surface area contributed by atoms with E-state index in [1.807, 2.05) is 13.9 Å². The third-order valence-electron chi connectivity index (χ3n) is 4.22. The molecule has 1 aliphatic heterocycles. The minimum atomic E-state index is 0.313. The van der Waals surface area contributed by atoms with Gasteiger partial charge in [0.1, 0.15) is 13.6 Å². The highest BCUT2D eigenvalue weighted by Gasteiger charge is 2.26. The van der Waals surface area contributed by atoms with Crippen molar-refractivity contribution in [1.82, 2.24) is 14.9 Å². The summed E-state index contributed by atoms with van der Waals surface area (Å²) < 4.78 is 11.8. The Morgan fingerprint density at radius 3 is 2.79 bits per heavy atom. The fourth-order valence-corrected chi connectivity index (χ4v) is 3.87. The van der Waals surface area contributed by atoms with Crippen molar-refractivity contribution in [3.05, 3.63) is 27.0 Å². The first-order valence-corrected chi connectivity index (χ1v) is 8.82. The van der Waals surface area contributed by atoms with Crippen LogP contribution in [0.3, 0.4) is 0 Å². The number of nitrogen functional groups attached to an aromatic ring is 1. The van der Waals surface area contributed by atoms with Gasteiger partial charge in [0.2, 0.25) is 5.95 Å². The van der Waals surface area contributed by atoms with Gasteiger partial charge < -0.3 is 15.2 Å². The highest BCUT2D eigenvalue weighted by molar-refractivity contribution is 14.1. The SMILES string of the molecule is Bc1cc(I)c(-c2nc(N)nc3c2CN(CCOC)C3)cc1OC. The number of nitrogens with two attached hydrogens (primary N) is 1. The number of hydrogen-bond donors (Lipinski definition) is 1. The molecule has 0 saturated heterocycles. The van der Waals surface area contributed by atoms with Crippen molar-refractivity contribution in [2.45, 2.75) is 13.1 Å². The molecule has 2 heterocycles. The average molecular weight is 438 g/mol. The molecule has 2 N–H and O–H groups in total. The molecule has 0 saturated carbocycles. The van der Waals surface area contributed by atoms with E-state index in [1.54, 1.807) is 14.2 Å². The second kappa shape index (κ2) is 7.24. The van der Waals surface area contributed by atoms with Crippen LogP contribution in [0.4, 0.5) is 5.95 Å². The van der Waals surface area contributed by atoms with Crippen LogP contribution in [0.15, 0.2) is 12.1 Å². The lowest BCUT2D eigenvalue weighted by atomic mass is 9.92. The molecule has 3 rings (SSSR count). The molecule has 0 spiro atoms. The molecule has 6 nitrogen and oxygen atoms in total. The monoisotopic (exact) mass is 438 g/mol. The zero-order valence-electron chi connectivity index (χ0n) is 14.1. The Morgan fingerprint density at radius 2 is 2.08 bits per heavy atom. The number of rotatable bonds is 5. The second-order valence-electron chi connectivity index (χ2n) is 5.86. The Morgan fingerprint density at radius 1 is 1.29 bits per heavy atom. The molecule has 0 amide bonds. The molecule has 1 aromatic carbocycles. The Hall–Kier alpha value is -1.39. The van der Waals surface area contributed by atoms with Gasteiger partial charge in [-0.15, -0.1) is 0 Å². The summed E-state index contributed by atoms with van der Waals surface area (Å²) in [6.07, 6.45) is 0. The number of benzene rings is 1. The van der Waals surface area contributed by atoms with Crippen LogP contribution in [0.2, 0.25) is 0 Å². The predicted molar refractivity (Wildman–Crippen MR) is 105 cm³/mol. The van der Waals surface area contributed by atoms with Gasteiger partial charge in [0.15, 0.2) is 0 Å². The van der Waals surface area contributed by atoms with E-state index in [2.05, 4.69) is 43.5 Å². The van der Waals surface area contributed by atoms with Crippen LogP contribution in [-0.2, 0) is 17.8 Å². The summed E-state index contributed by atoms with van der Waals surface area (Å²) in [4.78, 5) is 11.3. The fraction of sp³-hybridized carbons (Fsp3) is 0.375. The minimum Gasteiger partial charge on any atom is -0.497 e. The van der Waals surface area contributed by atoms with E-state index in [0.29, 0.717) is 12.6 Å². The van der Waals surface area contributed by atoms with E-state index in [1.165, 1.54) is 0 Å². The Bertz CT molecular complexity index is 772. The van der Waals surface area contributed by atoms with Crippen LogP contribution in [0.1, 0.15) is 11.3 Å². The van der Waals surface area contributed by atoms with Crippen LogP contribution in [0.25, 0.3) is 11.3 Å². The van der Waals surface area contributed by atoms with Crippen molar-refractivity contribution in [1.29, 1.82) is 0 Å². The van der Waals surface area contributed by atoms with Gasteiger partial charge in [0, 0.05) is 41.4 Å². The van der Waals surface area contributed by atoms with Crippen molar-refractivity contribution in [2.24, 2.45) is 0 Å². The summed E-state index contributed by atoms with van der Waals surface area (Å²) in [7, 11) is 5.44. The van der Waals surface area contributed by atoms with Crippen molar-refractivity contribution < 1.29 is 9.47 Å². The van der Waals surface area contributed by atoms with Gasteiger partial charge in [-0.25, -0.2) is 9.97 Å². The maximum absolute atomic E-state index is 5.97. The van der Waals surface area contributed by atoms with Crippen LogP contribution in [0.5, 0.6) is 5.75 Å². The molecule has 126 valence electrons. The van der Waals surface area contributed by atoms with Gasteiger partial charge in [-0.2, -0.15) is 0 Å². The smallest absolute Gasteiger partial charge is 0.220 e. The molecule has 0 bridgehead atoms. The van der Waals surface area contributed by atoms with Crippen LogP contribution in [0, 0.1) is 3.57 Å². The van der Waals surface area contributed by atoms with Crippen LogP contribution in [-0.4, -0.2) is 50.1 Å². The number of anilines is 1. The summed E-state index contributed by atoms with van der Waals surface area (Å²) in [5.41, 5.74) is 11.2. The van der Waals surface area contributed by atoms with E-state index < -0.39 is 0 Å². The molecule has 24 heavy (non-hydrogen) atoms. The average Bonchev–Trinajstić information content (AvgIpc) is 2.95. The number of hydrogen-bond acceptors (Lipinski definition) is 6. The zero-order valence-corrected chi connectivity index (χ0v) is 16.3. The van der Waals surface area contributed by atoms with Gasteiger partial charge in [0.05, 0.1) is 25.1 Å². The van der Waals surface area contributed by atoms with Gasteiger partial charge in [0.25, 0.3) is 0 Å². The van der Waals surface area contributed by atoms with E-state index in [4.69, 9.17) is 15.2 Å². The second-order valence-corrected chi connectivity index (χ2v) is 7.02. The number of halogens is 1. The molecular weight excluding hydrogens is 418 g/mol. The molecule has 0 atom stereocenters. The van der Waals surface area contributed by atoms with Gasteiger partial charge in [-0.3, -0.25) is 4.90 Å². The molecule has 0 radical (unpaired) electrons. The van der Waals surface area contributed by atoms with Crippen molar-refractivity contribution >= 4 is 41.8 Å². The molecule has 1 aromatic heterocycles. The van der Waals surface area contributed by atoms with Crippen LogP contribution >= 0.6 is 22.6 Å². The third-order valence-corrected chi connectivity index (χ3v) is 5.11. The van der Waals surface area contributed by atoms with Gasteiger partial charge >= 0.3 is 0 Å². The zero-order chi connectivity index (χ0) is 17.3. The first kappa shape index (κ1) is 17.4. The largest absolute Gasteiger partial charge is 0.497 e.